The fourth-order valence-electron chi connectivity index (χ4n) is 1.33. The zero-order valence-electron chi connectivity index (χ0n) is 9.77. The molecule has 0 radical (unpaired) electrons. The number of anilines is 1. The lowest BCUT2D eigenvalue weighted by Crippen LogP contribution is -2.27. The Morgan fingerprint density at radius 3 is 2.56 bits per heavy atom. The predicted molar refractivity (Wildman–Crippen MR) is 66.9 cm³/mol. The van der Waals surface area contributed by atoms with E-state index < -0.39 is 0 Å². The summed E-state index contributed by atoms with van der Waals surface area (Å²) in [5, 5.41) is 14.7. The summed E-state index contributed by atoms with van der Waals surface area (Å²) in [5.41, 5.74) is 7.85. The highest BCUT2D eigenvalue weighted by Gasteiger charge is 2.06. The molecule has 16 heavy (non-hydrogen) atoms. The van der Waals surface area contributed by atoms with Crippen molar-refractivity contribution in [2.24, 2.45) is 16.8 Å². The van der Waals surface area contributed by atoms with Gasteiger partial charge >= 0.3 is 0 Å². The van der Waals surface area contributed by atoms with Crippen molar-refractivity contribution in [1.29, 1.82) is 0 Å². The Kier molecular flexibility index (Phi) is 4.64. The third-order valence-electron chi connectivity index (χ3n) is 2.59. The molecule has 1 aromatic carbocycles. The topological polar surface area (TPSA) is 70.6 Å². The average molecular weight is 221 g/mol. The Balaban J connectivity index is 2.48. The van der Waals surface area contributed by atoms with Crippen LogP contribution in [-0.4, -0.2) is 17.6 Å². The lowest BCUT2D eigenvalue weighted by molar-refractivity contribution is 0.315. The number of benzene rings is 1. The molecular weight excluding hydrogens is 202 g/mol. The molecular formula is C12H19N3O. The van der Waals surface area contributed by atoms with Crippen LogP contribution < -0.4 is 11.1 Å². The summed E-state index contributed by atoms with van der Waals surface area (Å²) < 4.78 is 0. The summed E-state index contributed by atoms with van der Waals surface area (Å²) in [6.07, 6.45) is 1.04. The van der Waals surface area contributed by atoms with Gasteiger partial charge in [-0.05, 0) is 24.1 Å². The first kappa shape index (κ1) is 12.4. The lowest BCUT2D eigenvalue weighted by Gasteiger charge is -2.12. The maximum Gasteiger partial charge on any atom is 0.143 e. The van der Waals surface area contributed by atoms with Gasteiger partial charge in [0, 0.05) is 18.2 Å². The second-order valence-electron chi connectivity index (χ2n) is 3.86. The number of nitrogens with two attached hydrogens (primary N) is 1. The summed E-state index contributed by atoms with van der Waals surface area (Å²) in [6, 6.07) is 8.27. The van der Waals surface area contributed by atoms with E-state index in [0.717, 1.165) is 12.1 Å². The first-order chi connectivity index (χ1) is 7.67. The molecule has 4 nitrogen and oxygen atoms in total. The standard InChI is InChI=1S/C12H19N3O/c1-3-10-4-6-11(7-5-10)14-8-9(2)12(13)15-16/h4-7,9,14,16H,3,8H2,1-2H3,(H2,13,15). The van der Waals surface area contributed by atoms with E-state index >= 15 is 0 Å². The molecule has 1 unspecified atom stereocenters. The number of oxime groups is 1. The maximum absolute atomic E-state index is 8.51. The molecule has 0 heterocycles. The SMILES string of the molecule is CCc1ccc(NCC(C)C(N)=NO)cc1. The molecule has 0 bridgehead atoms. The van der Waals surface area contributed by atoms with Gasteiger partial charge in [-0.15, -0.1) is 0 Å². The van der Waals surface area contributed by atoms with Crippen molar-refractivity contribution >= 4 is 11.5 Å². The predicted octanol–water partition coefficient (Wildman–Crippen LogP) is 2.04. The van der Waals surface area contributed by atoms with Crippen LogP contribution in [0.2, 0.25) is 0 Å². The third kappa shape index (κ3) is 3.46. The molecule has 0 saturated heterocycles. The summed E-state index contributed by atoms with van der Waals surface area (Å²) in [7, 11) is 0. The molecule has 1 atom stereocenters. The molecule has 0 aliphatic heterocycles. The number of hydrogen-bond donors (Lipinski definition) is 3. The van der Waals surface area contributed by atoms with Crippen LogP contribution in [-0.2, 0) is 6.42 Å². The summed E-state index contributed by atoms with van der Waals surface area (Å²) in [6.45, 7) is 4.69. The van der Waals surface area contributed by atoms with Gasteiger partial charge in [0.2, 0.25) is 0 Å². The minimum absolute atomic E-state index is 0.0100. The molecule has 0 aliphatic carbocycles. The number of rotatable bonds is 5. The normalized spacial score (nSPS) is 13.5. The Labute approximate surface area is 96.2 Å². The highest BCUT2D eigenvalue weighted by Crippen LogP contribution is 2.10. The number of nitrogens with zero attached hydrogens (tertiary/aromatic N) is 1. The highest BCUT2D eigenvalue weighted by atomic mass is 16.4. The molecule has 0 fully saturated rings. The minimum Gasteiger partial charge on any atom is -0.409 e. The van der Waals surface area contributed by atoms with Crippen LogP contribution in [0, 0.1) is 5.92 Å². The second kappa shape index (κ2) is 6.00. The van der Waals surface area contributed by atoms with Gasteiger partial charge in [-0.3, -0.25) is 0 Å². The Morgan fingerprint density at radius 1 is 1.44 bits per heavy atom. The quantitative estimate of drug-likeness (QED) is 0.308. The third-order valence-corrected chi connectivity index (χ3v) is 2.59. The number of hydrogen-bond acceptors (Lipinski definition) is 3. The number of amidine groups is 1. The smallest absolute Gasteiger partial charge is 0.143 e. The molecule has 0 saturated carbocycles. The van der Waals surface area contributed by atoms with E-state index in [1.165, 1.54) is 5.56 Å². The van der Waals surface area contributed by atoms with E-state index in [1.807, 2.05) is 19.1 Å². The fourth-order valence-corrected chi connectivity index (χ4v) is 1.33. The van der Waals surface area contributed by atoms with Gasteiger partial charge in [-0.2, -0.15) is 0 Å². The molecule has 88 valence electrons. The molecule has 4 N–H and O–H groups in total. The number of aryl methyl sites for hydroxylation is 1. The van der Waals surface area contributed by atoms with Crippen molar-refractivity contribution in [3.8, 4) is 0 Å². The van der Waals surface area contributed by atoms with Crippen LogP contribution >= 0.6 is 0 Å². The Morgan fingerprint density at radius 2 is 2.06 bits per heavy atom. The molecule has 0 aliphatic rings. The van der Waals surface area contributed by atoms with Crippen LogP contribution in [0.3, 0.4) is 0 Å². The second-order valence-corrected chi connectivity index (χ2v) is 3.86. The van der Waals surface area contributed by atoms with Crippen molar-refractivity contribution in [2.45, 2.75) is 20.3 Å². The summed E-state index contributed by atoms with van der Waals surface area (Å²) in [4.78, 5) is 0. The van der Waals surface area contributed by atoms with Gasteiger partial charge in [0.1, 0.15) is 5.84 Å². The first-order valence-corrected chi connectivity index (χ1v) is 5.47. The van der Waals surface area contributed by atoms with E-state index in [-0.39, 0.29) is 11.8 Å². The Bertz CT molecular complexity index is 346. The van der Waals surface area contributed by atoms with E-state index in [1.54, 1.807) is 0 Å². The molecule has 4 heteroatoms. The van der Waals surface area contributed by atoms with Gasteiger partial charge in [-0.25, -0.2) is 0 Å². The van der Waals surface area contributed by atoms with Crippen molar-refractivity contribution in [2.75, 3.05) is 11.9 Å². The average Bonchev–Trinajstić information content (AvgIpc) is 2.35. The van der Waals surface area contributed by atoms with Crippen molar-refractivity contribution in [3.05, 3.63) is 29.8 Å². The van der Waals surface area contributed by atoms with Crippen LogP contribution in [0.5, 0.6) is 0 Å². The van der Waals surface area contributed by atoms with E-state index in [0.29, 0.717) is 6.54 Å². The van der Waals surface area contributed by atoms with Gasteiger partial charge in [0.15, 0.2) is 0 Å². The molecule has 0 amide bonds. The summed E-state index contributed by atoms with van der Waals surface area (Å²) >= 11 is 0. The molecule has 0 spiro atoms. The van der Waals surface area contributed by atoms with E-state index in [4.69, 9.17) is 10.9 Å². The van der Waals surface area contributed by atoms with Crippen LogP contribution in [0.4, 0.5) is 5.69 Å². The minimum atomic E-state index is 0.0100. The zero-order valence-corrected chi connectivity index (χ0v) is 9.77. The van der Waals surface area contributed by atoms with Crippen molar-refractivity contribution in [3.63, 3.8) is 0 Å². The number of nitrogens with one attached hydrogen (secondary N) is 1. The Hall–Kier alpha value is -1.71. The van der Waals surface area contributed by atoms with E-state index in [2.05, 4.69) is 29.5 Å². The van der Waals surface area contributed by atoms with Crippen LogP contribution in [0.25, 0.3) is 0 Å². The molecule has 1 aromatic rings. The van der Waals surface area contributed by atoms with Gasteiger partial charge in [-0.1, -0.05) is 31.1 Å². The van der Waals surface area contributed by atoms with Gasteiger partial charge < -0.3 is 16.3 Å². The van der Waals surface area contributed by atoms with Gasteiger partial charge in [0.25, 0.3) is 0 Å². The summed E-state index contributed by atoms with van der Waals surface area (Å²) in [5.74, 6) is 0.258. The van der Waals surface area contributed by atoms with Crippen LogP contribution in [0.15, 0.2) is 29.4 Å². The van der Waals surface area contributed by atoms with Crippen LogP contribution in [0.1, 0.15) is 19.4 Å². The largest absolute Gasteiger partial charge is 0.409 e. The monoisotopic (exact) mass is 221 g/mol. The highest BCUT2D eigenvalue weighted by molar-refractivity contribution is 5.82. The van der Waals surface area contributed by atoms with Crippen molar-refractivity contribution < 1.29 is 5.21 Å². The fraction of sp³-hybridized carbons (Fsp3) is 0.417. The maximum atomic E-state index is 8.51. The van der Waals surface area contributed by atoms with Crippen molar-refractivity contribution in [1.82, 2.24) is 0 Å². The van der Waals surface area contributed by atoms with E-state index in [9.17, 15) is 0 Å². The van der Waals surface area contributed by atoms with Gasteiger partial charge in [0.05, 0.1) is 0 Å². The lowest BCUT2D eigenvalue weighted by atomic mass is 10.1. The molecule has 1 rings (SSSR count). The molecule has 0 aromatic heterocycles. The zero-order chi connectivity index (χ0) is 12.0. The first-order valence-electron chi connectivity index (χ1n) is 5.47.